The number of nitrogens with one attached hydrogen (secondary N) is 1. The number of hydrogen-bond acceptors (Lipinski definition) is 6. The molecule has 0 spiro atoms. The van der Waals surface area contributed by atoms with Gasteiger partial charge < -0.3 is 24.4 Å². The number of piperidine rings is 1. The molecule has 2 rings (SSSR count). The predicted octanol–water partition coefficient (Wildman–Crippen LogP) is 1.61. The molecule has 0 unspecified atom stereocenters. The van der Waals surface area contributed by atoms with Crippen molar-refractivity contribution in [3.8, 4) is 11.5 Å². The molecule has 1 aromatic rings. The summed E-state index contributed by atoms with van der Waals surface area (Å²) in [4.78, 5) is 26.5. The highest BCUT2D eigenvalue weighted by Gasteiger charge is 2.23. The SMILES string of the molecule is COC(=O)[C@@H](CCN1CCCCC1)NC(=O)COc1ccccc1OC. The van der Waals surface area contributed by atoms with Gasteiger partial charge in [-0.1, -0.05) is 18.6 Å². The average molecular weight is 364 g/mol. The normalized spacial score (nSPS) is 15.8. The fraction of sp³-hybridized carbons (Fsp3) is 0.579. The zero-order valence-corrected chi connectivity index (χ0v) is 15.5. The summed E-state index contributed by atoms with van der Waals surface area (Å²) in [7, 11) is 2.86. The van der Waals surface area contributed by atoms with Crippen LogP contribution in [0, 0.1) is 0 Å². The highest BCUT2D eigenvalue weighted by Crippen LogP contribution is 2.25. The Labute approximate surface area is 154 Å². The number of benzene rings is 1. The Balaban J connectivity index is 1.84. The second kappa shape index (κ2) is 10.7. The zero-order valence-electron chi connectivity index (χ0n) is 15.5. The van der Waals surface area contributed by atoms with E-state index in [4.69, 9.17) is 14.2 Å². The zero-order chi connectivity index (χ0) is 18.8. The molecule has 144 valence electrons. The van der Waals surface area contributed by atoms with Gasteiger partial charge in [0.15, 0.2) is 18.1 Å². The first-order chi connectivity index (χ1) is 12.6. The van der Waals surface area contributed by atoms with E-state index in [9.17, 15) is 9.59 Å². The molecule has 1 N–H and O–H groups in total. The first-order valence-electron chi connectivity index (χ1n) is 8.99. The van der Waals surface area contributed by atoms with E-state index in [0.717, 1.165) is 19.6 Å². The Morgan fingerprint density at radius 2 is 1.81 bits per heavy atom. The standard InChI is InChI=1S/C19H28N2O5/c1-24-16-8-4-5-9-17(16)26-14-18(22)20-15(19(23)25-2)10-13-21-11-6-3-7-12-21/h4-5,8-9,15H,3,6-7,10-14H2,1-2H3,(H,20,22)/t15-/m1/s1. The summed E-state index contributed by atoms with van der Waals surface area (Å²) < 4.78 is 15.5. The first kappa shape index (κ1) is 20.0. The summed E-state index contributed by atoms with van der Waals surface area (Å²) in [6.07, 6.45) is 4.14. The molecule has 1 aliphatic heterocycles. The maximum atomic E-state index is 12.2. The Morgan fingerprint density at radius 3 is 2.46 bits per heavy atom. The van der Waals surface area contributed by atoms with E-state index in [1.807, 2.05) is 6.07 Å². The molecule has 1 heterocycles. The summed E-state index contributed by atoms with van der Waals surface area (Å²) in [5, 5.41) is 2.71. The molecule has 1 amide bonds. The number of nitrogens with zero attached hydrogens (tertiary/aromatic N) is 1. The van der Waals surface area contributed by atoms with Crippen molar-refractivity contribution in [2.75, 3.05) is 40.5 Å². The number of methoxy groups -OCH3 is 2. The van der Waals surface area contributed by atoms with Crippen molar-refractivity contribution in [3.05, 3.63) is 24.3 Å². The molecule has 0 bridgehead atoms. The van der Waals surface area contributed by atoms with Crippen LogP contribution in [0.5, 0.6) is 11.5 Å². The monoisotopic (exact) mass is 364 g/mol. The fourth-order valence-corrected chi connectivity index (χ4v) is 3.00. The van der Waals surface area contributed by atoms with Gasteiger partial charge in [0.1, 0.15) is 6.04 Å². The average Bonchev–Trinajstić information content (AvgIpc) is 2.69. The van der Waals surface area contributed by atoms with Crippen molar-refractivity contribution in [1.82, 2.24) is 10.2 Å². The Hall–Kier alpha value is -2.28. The third-order valence-corrected chi connectivity index (χ3v) is 4.43. The van der Waals surface area contributed by atoms with Crippen molar-refractivity contribution in [2.24, 2.45) is 0 Å². The smallest absolute Gasteiger partial charge is 0.328 e. The van der Waals surface area contributed by atoms with E-state index in [1.54, 1.807) is 18.2 Å². The summed E-state index contributed by atoms with van der Waals surface area (Å²) in [5.41, 5.74) is 0. The third-order valence-electron chi connectivity index (χ3n) is 4.43. The van der Waals surface area contributed by atoms with Gasteiger partial charge in [-0.05, 0) is 44.5 Å². The number of amides is 1. The van der Waals surface area contributed by atoms with Crippen molar-refractivity contribution < 1.29 is 23.8 Å². The van der Waals surface area contributed by atoms with Gasteiger partial charge in [-0.2, -0.15) is 0 Å². The van der Waals surface area contributed by atoms with Crippen molar-refractivity contribution >= 4 is 11.9 Å². The van der Waals surface area contributed by atoms with Gasteiger partial charge in [0.05, 0.1) is 14.2 Å². The third kappa shape index (κ3) is 6.22. The molecule has 1 aromatic carbocycles. The van der Waals surface area contributed by atoms with Gasteiger partial charge in [0, 0.05) is 6.54 Å². The molecule has 7 nitrogen and oxygen atoms in total. The van der Waals surface area contributed by atoms with Crippen LogP contribution in [0.2, 0.25) is 0 Å². The second-order valence-electron chi connectivity index (χ2n) is 6.27. The molecule has 1 aliphatic rings. The molecule has 1 fully saturated rings. The summed E-state index contributed by atoms with van der Waals surface area (Å²) >= 11 is 0. The van der Waals surface area contributed by atoms with E-state index < -0.39 is 12.0 Å². The van der Waals surface area contributed by atoms with Crippen molar-refractivity contribution in [2.45, 2.75) is 31.7 Å². The van der Waals surface area contributed by atoms with E-state index in [1.165, 1.54) is 33.5 Å². The highest BCUT2D eigenvalue weighted by molar-refractivity contribution is 5.85. The number of rotatable bonds is 9. The van der Waals surface area contributed by atoms with E-state index in [-0.39, 0.29) is 12.5 Å². The summed E-state index contributed by atoms with van der Waals surface area (Å²) in [6.45, 7) is 2.64. The number of carbonyl (C=O) groups is 2. The van der Waals surface area contributed by atoms with Crippen LogP contribution < -0.4 is 14.8 Å². The van der Waals surface area contributed by atoms with Gasteiger partial charge in [-0.15, -0.1) is 0 Å². The van der Waals surface area contributed by atoms with Crippen LogP contribution in [-0.4, -0.2) is 63.3 Å². The van der Waals surface area contributed by atoms with Crippen LogP contribution in [0.15, 0.2) is 24.3 Å². The second-order valence-corrected chi connectivity index (χ2v) is 6.27. The Kier molecular flexibility index (Phi) is 8.21. The quantitative estimate of drug-likeness (QED) is 0.671. The number of ether oxygens (including phenoxy) is 3. The van der Waals surface area contributed by atoms with Crippen molar-refractivity contribution in [3.63, 3.8) is 0 Å². The van der Waals surface area contributed by atoms with Crippen LogP contribution >= 0.6 is 0 Å². The Bertz CT molecular complexity index is 587. The number of carbonyl (C=O) groups excluding carboxylic acids is 2. The van der Waals surface area contributed by atoms with Gasteiger partial charge in [0.2, 0.25) is 0 Å². The highest BCUT2D eigenvalue weighted by atomic mass is 16.5. The molecule has 26 heavy (non-hydrogen) atoms. The lowest BCUT2D eigenvalue weighted by Gasteiger charge is -2.27. The number of likely N-dealkylation sites (tertiary alicyclic amines) is 1. The van der Waals surface area contributed by atoms with Crippen LogP contribution in [0.1, 0.15) is 25.7 Å². The first-order valence-corrected chi connectivity index (χ1v) is 8.99. The van der Waals surface area contributed by atoms with E-state index in [2.05, 4.69) is 10.2 Å². The summed E-state index contributed by atoms with van der Waals surface area (Å²) in [6, 6.07) is 6.42. The number of esters is 1. The topological polar surface area (TPSA) is 77.1 Å². The minimum absolute atomic E-state index is 0.197. The van der Waals surface area contributed by atoms with Gasteiger partial charge in [0.25, 0.3) is 5.91 Å². The fourth-order valence-electron chi connectivity index (χ4n) is 3.00. The van der Waals surface area contributed by atoms with Crippen LogP contribution in [0.4, 0.5) is 0 Å². The summed E-state index contributed by atoms with van der Waals surface area (Å²) in [5.74, 6) is 0.223. The number of para-hydroxylation sites is 2. The largest absolute Gasteiger partial charge is 0.493 e. The predicted molar refractivity (Wildman–Crippen MR) is 97.3 cm³/mol. The van der Waals surface area contributed by atoms with Gasteiger partial charge in [-0.3, -0.25) is 4.79 Å². The molecule has 7 heteroatoms. The van der Waals surface area contributed by atoms with Crippen LogP contribution in [0.25, 0.3) is 0 Å². The maximum Gasteiger partial charge on any atom is 0.328 e. The number of hydrogen-bond donors (Lipinski definition) is 1. The lowest BCUT2D eigenvalue weighted by molar-refractivity contribution is -0.145. The Morgan fingerprint density at radius 1 is 1.12 bits per heavy atom. The molecule has 0 aromatic heterocycles. The molecule has 0 radical (unpaired) electrons. The van der Waals surface area contributed by atoms with E-state index >= 15 is 0 Å². The van der Waals surface area contributed by atoms with Gasteiger partial charge >= 0.3 is 5.97 Å². The molecule has 1 atom stereocenters. The van der Waals surface area contributed by atoms with Gasteiger partial charge in [-0.25, -0.2) is 4.79 Å². The molecular formula is C19H28N2O5. The minimum Gasteiger partial charge on any atom is -0.493 e. The molecular weight excluding hydrogens is 336 g/mol. The lowest BCUT2D eigenvalue weighted by atomic mass is 10.1. The maximum absolute atomic E-state index is 12.2. The van der Waals surface area contributed by atoms with Crippen LogP contribution in [-0.2, 0) is 14.3 Å². The van der Waals surface area contributed by atoms with Crippen LogP contribution in [0.3, 0.4) is 0 Å². The van der Waals surface area contributed by atoms with E-state index in [0.29, 0.717) is 17.9 Å². The lowest BCUT2D eigenvalue weighted by Crippen LogP contribution is -2.45. The molecule has 0 aliphatic carbocycles. The molecule has 0 saturated carbocycles. The van der Waals surface area contributed by atoms with Crippen molar-refractivity contribution in [1.29, 1.82) is 0 Å². The minimum atomic E-state index is -0.671. The molecule has 1 saturated heterocycles.